The zero-order valence-electron chi connectivity index (χ0n) is 51.4. The Labute approximate surface area is 540 Å². The lowest BCUT2D eigenvalue weighted by atomic mass is 9.76. The quantitative estimate of drug-likeness (QED) is 0.0246. The van der Waals surface area contributed by atoms with Crippen LogP contribution in [0.3, 0.4) is 0 Å². The van der Waals surface area contributed by atoms with Crippen molar-refractivity contribution in [1.82, 2.24) is 16.1 Å². The highest BCUT2D eigenvalue weighted by Crippen LogP contribution is 2.49. The molecule has 1 aromatic carbocycles. The third-order valence-electron chi connectivity index (χ3n) is 16.0. The molecule has 8 N–H and O–H groups in total. The van der Waals surface area contributed by atoms with Gasteiger partial charge in [-0.2, -0.15) is 5.48 Å². The molecule has 6 aliphatic rings. The van der Waals surface area contributed by atoms with E-state index in [1.165, 1.54) is 40.4 Å². The average molecular weight is 1410 g/mol. The number of hydroxylamine groups is 1. The summed E-state index contributed by atoms with van der Waals surface area (Å²) in [4.78, 5) is 47.8. The number of ether oxygens (including phenoxy) is 12. The molecule has 4 saturated heterocycles. The SMILES string of the molecule is CC#C/C=C\C#C[C@H](O[C@@H]1O[C@H](C)[C@@H](NO[C@H]2C[C@H](O)[C@H](SC(=O)c3c(C)c(I)c(O[C@@H]4O[C@@H](C)[C@H](O)[C@@H](OC)[C@H]4O)c(OC)c3OC)[C@@H](C)O2)[C@H](O)[C@H]1O[C@H]1C[C@H](OC)[C@@H](NCC)CO1)C1=C(NC(=O)OC)C(=O)C[C@](C)(O)/C1=C/CSSC1CCC1. The number of carbonyl (C=O) groups excluding carboxylic acids is 3. The van der Waals surface area contributed by atoms with Gasteiger partial charge in [0.2, 0.25) is 17.2 Å². The number of ketones is 1. The van der Waals surface area contributed by atoms with Gasteiger partial charge in [-0.3, -0.25) is 19.7 Å². The van der Waals surface area contributed by atoms with E-state index in [4.69, 9.17) is 61.7 Å². The highest BCUT2D eigenvalue weighted by atomic mass is 127. The van der Waals surface area contributed by atoms with E-state index in [2.05, 4.69) is 39.8 Å². The lowest BCUT2D eigenvalue weighted by Crippen LogP contribution is -2.65. The van der Waals surface area contributed by atoms with Gasteiger partial charge in [0, 0.05) is 50.1 Å². The van der Waals surface area contributed by atoms with Gasteiger partial charge < -0.3 is 87.7 Å². The van der Waals surface area contributed by atoms with Crippen molar-refractivity contribution in [3.63, 3.8) is 0 Å². The number of methoxy groups -OCH3 is 5. The third-order valence-corrected chi connectivity index (χ3v) is 21.5. The van der Waals surface area contributed by atoms with Gasteiger partial charge in [0.1, 0.15) is 36.6 Å². The van der Waals surface area contributed by atoms with Crippen LogP contribution in [0.5, 0.6) is 17.2 Å². The van der Waals surface area contributed by atoms with Crippen LogP contribution in [0.1, 0.15) is 96.0 Å². The summed E-state index contributed by atoms with van der Waals surface area (Å²) < 4.78 is 72.9. The number of halogens is 1. The number of allylic oxidation sites excluding steroid dienone is 3. The summed E-state index contributed by atoms with van der Waals surface area (Å²) >= 11 is 2.83. The van der Waals surface area contributed by atoms with Crippen LogP contribution in [-0.2, 0) is 52.3 Å². The summed E-state index contributed by atoms with van der Waals surface area (Å²) in [6, 6.07) is -1.27. The summed E-state index contributed by atoms with van der Waals surface area (Å²) in [7, 11) is 10.2. The molecule has 1 amide bonds. The van der Waals surface area contributed by atoms with Crippen LogP contribution < -0.4 is 30.3 Å². The van der Waals surface area contributed by atoms with Crippen LogP contribution in [0.2, 0.25) is 0 Å². The van der Waals surface area contributed by atoms with Gasteiger partial charge in [0.15, 0.2) is 36.2 Å². The first-order valence-electron chi connectivity index (χ1n) is 29.1. The van der Waals surface area contributed by atoms with Crippen LogP contribution >= 0.6 is 55.9 Å². The average Bonchev–Trinajstić information content (AvgIpc) is 1.54. The van der Waals surface area contributed by atoms with E-state index in [1.807, 2.05) is 29.5 Å². The number of hydrogen-bond acceptors (Lipinski definition) is 26. The molecule has 0 radical (unpaired) electrons. The maximum Gasteiger partial charge on any atom is 0.411 e. The van der Waals surface area contributed by atoms with E-state index >= 15 is 0 Å². The number of likely N-dealkylation sites (N-methyl/N-ethyl adjacent to an activating group) is 1. The topological polar surface area (TPSA) is 308 Å². The fourth-order valence-electron chi connectivity index (χ4n) is 11.0. The number of aliphatic hydroxyl groups excluding tert-OH is 4. The lowest BCUT2D eigenvalue weighted by molar-refractivity contribution is -0.336. The first-order valence-corrected chi connectivity index (χ1v) is 33.5. The smallest absolute Gasteiger partial charge is 0.411 e. The molecule has 0 bridgehead atoms. The Morgan fingerprint density at radius 1 is 0.886 bits per heavy atom. The second-order valence-corrected chi connectivity index (χ2v) is 27.0. The number of nitrogens with one attached hydrogen (secondary N) is 3. The number of thioether (sulfide) groups is 1. The number of aliphatic hydroxyl groups is 5. The Morgan fingerprint density at radius 3 is 2.24 bits per heavy atom. The molecule has 7 rings (SSSR count). The van der Waals surface area contributed by atoms with E-state index in [0.29, 0.717) is 26.7 Å². The van der Waals surface area contributed by atoms with Gasteiger partial charge in [-0.25, -0.2) is 4.79 Å². The van der Waals surface area contributed by atoms with E-state index in [1.54, 1.807) is 69.4 Å². The van der Waals surface area contributed by atoms with E-state index in [-0.39, 0.29) is 71.2 Å². The molecule has 0 aromatic heterocycles. The molecule has 24 nitrogen and oxygen atoms in total. The molecular weight excluding hydrogens is 1320 g/mol. The van der Waals surface area contributed by atoms with Gasteiger partial charge in [0.05, 0.1) is 96.2 Å². The molecule has 0 spiro atoms. The van der Waals surface area contributed by atoms with Crippen molar-refractivity contribution in [3.8, 4) is 40.9 Å². The van der Waals surface area contributed by atoms with Gasteiger partial charge in [-0.15, -0.1) is 5.92 Å². The Kier molecular flexibility index (Phi) is 27.5. The van der Waals surface area contributed by atoms with Crippen molar-refractivity contribution >= 4 is 72.9 Å². The molecule has 2 aliphatic carbocycles. The highest BCUT2D eigenvalue weighted by Gasteiger charge is 2.52. The van der Waals surface area contributed by atoms with Crippen molar-refractivity contribution in [2.45, 2.75) is 207 Å². The van der Waals surface area contributed by atoms with Crippen LogP contribution in [0, 0.1) is 34.2 Å². The predicted octanol–water partition coefficient (Wildman–Crippen LogP) is 4.50. The van der Waals surface area contributed by atoms with Gasteiger partial charge in [-0.1, -0.05) is 70.5 Å². The Bertz CT molecular complexity index is 2790. The normalized spacial score (nSPS) is 34.5. The first kappa shape index (κ1) is 72.1. The number of carbonyl (C=O) groups is 3. The summed E-state index contributed by atoms with van der Waals surface area (Å²) in [5.74, 6) is 11.6. The molecular formula is C60H84IN3O21S3. The van der Waals surface area contributed by atoms with Crippen LogP contribution in [0.15, 0.2) is 35.1 Å². The third kappa shape index (κ3) is 17.3. The Balaban J connectivity index is 1.13. The molecule has 4 aliphatic heterocycles. The van der Waals surface area contributed by atoms with Gasteiger partial charge in [0.25, 0.3) is 0 Å². The number of Topliss-reactive ketones (excluding diaryl/α,β-unsaturated/α-hetero) is 1. The molecule has 88 heavy (non-hydrogen) atoms. The van der Waals surface area contributed by atoms with E-state index < -0.39 is 127 Å². The summed E-state index contributed by atoms with van der Waals surface area (Å²) in [5.41, 5.74) is 1.81. The minimum Gasteiger partial charge on any atom is -0.492 e. The van der Waals surface area contributed by atoms with Crippen LogP contribution in [0.25, 0.3) is 0 Å². The van der Waals surface area contributed by atoms with Gasteiger partial charge >= 0.3 is 6.09 Å². The van der Waals surface area contributed by atoms with Crippen LogP contribution in [0.4, 0.5) is 4.79 Å². The standard InChI is InChI=1S/C60H84IN3O21S3/c1-13-15-16-17-18-22-38(43-34(23-24-86-88-33-20-19-21-33)60(7,72)27-37(66)46(43)63-59(71)77-12)82-58-53(83-40-26-39(73-8)35(28-78-40)62-14-2)48(68)45(30(4)80-58)64-85-41-25-36(65)55(32(6)79-41)87-56(70)42-29(3)44(61)51(54(76-11)50(42)74-9)84-57-49(69)52(75-10)47(67)31(5)81-57/h16-17,23,30-33,35-36,38-41,45,47-49,52-53,55,57-58,62,64-65,67-69,72H,14,19-21,24-28H2,1-12H3,(H,63,71)/b17-16-,34-23+/t30-,31+,32-,35+,36+,38+,39+,40+,41+,45-,47+,48+,49-,52-,53-,55-,57+,58+,60+/m1/s1. The maximum absolute atomic E-state index is 14.5. The van der Waals surface area contributed by atoms with Crippen LogP contribution in [-0.4, -0.2) is 217 Å². The Morgan fingerprint density at radius 2 is 1.60 bits per heavy atom. The molecule has 5 fully saturated rings. The zero-order chi connectivity index (χ0) is 64.1. The summed E-state index contributed by atoms with van der Waals surface area (Å²) in [5, 5.41) is 63.3. The van der Waals surface area contributed by atoms with E-state index in [0.717, 1.165) is 38.1 Å². The second kappa shape index (κ2) is 33.5. The lowest BCUT2D eigenvalue weighted by Gasteiger charge is -2.46. The molecule has 4 heterocycles. The fraction of sp³-hybridized carbons (Fsp3) is 0.683. The Hall–Kier alpha value is -3.29. The minimum absolute atomic E-state index is 0.0279. The van der Waals surface area contributed by atoms with Crippen molar-refractivity contribution in [3.05, 3.63) is 49.8 Å². The molecule has 1 saturated carbocycles. The number of benzene rings is 1. The minimum atomic E-state index is -1.76. The van der Waals surface area contributed by atoms with Crippen molar-refractivity contribution in [1.29, 1.82) is 0 Å². The van der Waals surface area contributed by atoms with Crippen molar-refractivity contribution in [2.24, 2.45) is 0 Å². The first-order chi connectivity index (χ1) is 42.1. The summed E-state index contributed by atoms with van der Waals surface area (Å²) in [6.45, 7) is 12.6. The number of alkyl carbamates (subject to hydrolysis) is 1. The molecule has 490 valence electrons. The molecule has 0 unspecified atom stereocenters. The highest BCUT2D eigenvalue weighted by molar-refractivity contribution is 14.1. The zero-order valence-corrected chi connectivity index (χ0v) is 56.0. The van der Waals surface area contributed by atoms with Crippen molar-refractivity contribution < 1.29 is 102 Å². The van der Waals surface area contributed by atoms with Crippen molar-refractivity contribution in [2.75, 3.05) is 54.5 Å². The number of rotatable bonds is 23. The second-order valence-electron chi connectivity index (χ2n) is 22.0. The molecule has 28 heteroatoms. The number of hydrogen-bond donors (Lipinski definition) is 8. The van der Waals surface area contributed by atoms with E-state index in [9.17, 15) is 39.9 Å². The largest absolute Gasteiger partial charge is 0.492 e. The fourth-order valence-corrected chi connectivity index (χ4v) is 15.4. The molecule has 19 atom stereocenters. The van der Waals surface area contributed by atoms with Gasteiger partial charge in [-0.05, 0) is 107 Å². The maximum atomic E-state index is 14.5. The number of amides is 1. The summed E-state index contributed by atoms with van der Waals surface area (Å²) in [6.07, 6.45) is -10.1. The monoisotopic (exact) mass is 1410 g/mol. The molecule has 1 aromatic rings. The predicted molar refractivity (Wildman–Crippen MR) is 335 cm³/mol.